The molecule has 3 aromatic rings. The first kappa shape index (κ1) is 27.4. The molecule has 11 heteroatoms. The highest BCUT2D eigenvalue weighted by molar-refractivity contribution is 7.90. The Bertz CT molecular complexity index is 1670. The first-order valence-electron chi connectivity index (χ1n) is 11.5. The third-order valence-electron chi connectivity index (χ3n) is 6.40. The van der Waals surface area contributed by atoms with Gasteiger partial charge in [0, 0.05) is 12.7 Å². The molecule has 1 aliphatic heterocycles. The fourth-order valence-electron chi connectivity index (χ4n) is 4.53. The first-order chi connectivity index (χ1) is 18.4. The average Bonchev–Trinajstić information content (AvgIpc) is 2.90. The number of likely N-dealkylation sites (N-methyl/N-ethyl adjacent to an activating group) is 1. The summed E-state index contributed by atoms with van der Waals surface area (Å²) in [5.74, 6) is -0.388. The number of halogens is 3. The van der Waals surface area contributed by atoms with Crippen molar-refractivity contribution in [1.29, 1.82) is 10.5 Å². The summed E-state index contributed by atoms with van der Waals surface area (Å²) < 4.78 is 67.2. The molecule has 1 atom stereocenters. The Kier molecular flexibility index (Phi) is 7.23. The number of amides is 2. The molecule has 1 unspecified atom stereocenters. The number of carbonyl (C=O) groups excluding carboxylic acids is 1. The Morgan fingerprint density at radius 3 is 2.26 bits per heavy atom. The van der Waals surface area contributed by atoms with Crippen molar-refractivity contribution in [3.8, 4) is 12.1 Å². The molecule has 0 saturated heterocycles. The van der Waals surface area contributed by atoms with Crippen LogP contribution in [-0.2, 0) is 21.8 Å². The molecule has 0 radical (unpaired) electrons. The van der Waals surface area contributed by atoms with E-state index in [1.54, 1.807) is 30.3 Å². The van der Waals surface area contributed by atoms with Gasteiger partial charge in [-0.3, -0.25) is 4.90 Å². The van der Waals surface area contributed by atoms with Gasteiger partial charge in [-0.05, 0) is 48.4 Å². The van der Waals surface area contributed by atoms with Gasteiger partial charge >= 0.3 is 12.2 Å². The second-order valence-corrected chi connectivity index (χ2v) is 10.9. The van der Waals surface area contributed by atoms with Gasteiger partial charge < -0.3 is 4.90 Å². The van der Waals surface area contributed by atoms with Crippen molar-refractivity contribution in [3.05, 3.63) is 106 Å². The molecule has 198 valence electrons. The minimum Gasteiger partial charge on any atom is -0.315 e. The lowest BCUT2D eigenvalue weighted by Gasteiger charge is -2.40. The van der Waals surface area contributed by atoms with Crippen LogP contribution in [0.15, 0.2) is 89.0 Å². The van der Waals surface area contributed by atoms with Crippen molar-refractivity contribution in [3.63, 3.8) is 0 Å². The van der Waals surface area contributed by atoms with E-state index in [-0.39, 0.29) is 38.7 Å². The van der Waals surface area contributed by atoms with Gasteiger partial charge in [0.05, 0.1) is 51.2 Å². The minimum atomic E-state index is -4.65. The highest BCUT2D eigenvalue weighted by atomic mass is 32.2. The van der Waals surface area contributed by atoms with E-state index in [1.165, 1.54) is 38.2 Å². The van der Waals surface area contributed by atoms with Gasteiger partial charge in [0.15, 0.2) is 9.84 Å². The number of nitriles is 2. The smallest absolute Gasteiger partial charge is 0.315 e. The summed E-state index contributed by atoms with van der Waals surface area (Å²) in [6.45, 7) is 1.42. The van der Waals surface area contributed by atoms with Gasteiger partial charge in [0.2, 0.25) is 0 Å². The molecule has 0 saturated carbocycles. The zero-order valence-corrected chi connectivity index (χ0v) is 21.6. The van der Waals surface area contributed by atoms with E-state index in [1.807, 2.05) is 12.1 Å². The van der Waals surface area contributed by atoms with Crippen LogP contribution in [0.5, 0.6) is 0 Å². The third-order valence-corrected chi connectivity index (χ3v) is 8.14. The van der Waals surface area contributed by atoms with Gasteiger partial charge in [0.25, 0.3) is 0 Å². The van der Waals surface area contributed by atoms with Crippen molar-refractivity contribution < 1.29 is 26.4 Å². The molecule has 7 nitrogen and oxygen atoms in total. The highest BCUT2D eigenvalue weighted by Crippen LogP contribution is 2.42. The Morgan fingerprint density at radius 1 is 0.949 bits per heavy atom. The van der Waals surface area contributed by atoms with Gasteiger partial charge in [-0.15, -0.1) is 0 Å². The number of nitrogens with zero attached hydrogens (tertiary/aromatic N) is 4. The largest absolute Gasteiger partial charge is 0.416 e. The normalized spacial score (nSPS) is 16.2. The molecular weight excluding hydrogens is 529 g/mol. The van der Waals surface area contributed by atoms with Crippen LogP contribution in [0.4, 0.5) is 23.7 Å². The van der Waals surface area contributed by atoms with Gasteiger partial charge in [-0.1, -0.05) is 42.5 Å². The standard InChI is InChI=1S/C28H21F3N4O3S/c1-18-24(16-33)26(34(2)27(36)35(18)22-10-6-9-21(14-22)28(29,30)31)23-12-11-20(15-32)13-25(23)39(37,38)17-19-7-4-3-5-8-19/h3-14,26H,17H2,1-2H3. The molecule has 1 aliphatic rings. The molecule has 0 spiro atoms. The minimum absolute atomic E-state index is 0.0321. The fraction of sp³-hybridized carbons (Fsp3) is 0.179. The average molecular weight is 551 g/mol. The van der Waals surface area contributed by atoms with E-state index < -0.39 is 33.6 Å². The second kappa shape index (κ2) is 10.3. The van der Waals surface area contributed by atoms with Crippen LogP contribution in [0.3, 0.4) is 0 Å². The lowest BCUT2D eigenvalue weighted by Crippen LogP contribution is -2.47. The monoisotopic (exact) mass is 550 g/mol. The molecule has 0 aliphatic carbocycles. The van der Waals surface area contributed by atoms with Gasteiger partial charge in [-0.25, -0.2) is 13.2 Å². The lowest BCUT2D eigenvalue weighted by molar-refractivity contribution is -0.137. The number of urea groups is 1. The zero-order chi connectivity index (χ0) is 28.5. The molecule has 2 amide bonds. The van der Waals surface area contributed by atoms with Crippen molar-refractivity contribution in [2.24, 2.45) is 0 Å². The molecular formula is C28H21F3N4O3S. The summed E-state index contributed by atoms with van der Waals surface area (Å²) in [4.78, 5) is 15.4. The van der Waals surface area contributed by atoms with Crippen LogP contribution >= 0.6 is 0 Å². The molecule has 39 heavy (non-hydrogen) atoms. The summed E-state index contributed by atoms with van der Waals surface area (Å²) in [5, 5.41) is 19.6. The quantitative estimate of drug-likeness (QED) is 0.390. The maximum Gasteiger partial charge on any atom is 0.416 e. The van der Waals surface area contributed by atoms with Crippen LogP contribution in [0.2, 0.25) is 0 Å². The predicted molar refractivity (Wildman–Crippen MR) is 137 cm³/mol. The van der Waals surface area contributed by atoms with E-state index in [9.17, 15) is 36.9 Å². The number of benzene rings is 3. The molecule has 3 aromatic carbocycles. The lowest BCUT2D eigenvalue weighted by atomic mass is 9.93. The number of hydrogen-bond donors (Lipinski definition) is 0. The summed E-state index contributed by atoms with van der Waals surface area (Å²) >= 11 is 0. The maximum atomic E-state index is 13.6. The van der Waals surface area contributed by atoms with Gasteiger partial charge in [0.1, 0.15) is 0 Å². The first-order valence-corrected chi connectivity index (χ1v) is 13.2. The number of allylic oxidation sites excluding steroid dienone is 1. The van der Waals surface area contributed by atoms with Gasteiger partial charge in [-0.2, -0.15) is 23.7 Å². The molecule has 0 bridgehead atoms. The number of alkyl halides is 3. The molecule has 4 rings (SSSR count). The Labute approximate surface area is 223 Å². The summed E-state index contributed by atoms with van der Waals surface area (Å²) in [5.41, 5.74) is -0.370. The van der Waals surface area contributed by atoms with Crippen LogP contribution < -0.4 is 4.90 Å². The van der Waals surface area contributed by atoms with E-state index in [0.29, 0.717) is 5.56 Å². The van der Waals surface area contributed by atoms with Crippen LogP contribution in [0.1, 0.15) is 35.2 Å². The van der Waals surface area contributed by atoms with Crippen molar-refractivity contribution in [1.82, 2.24) is 4.90 Å². The van der Waals surface area contributed by atoms with E-state index in [2.05, 4.69) is 0 Å². The summed E-state index contributed by atoms with van der Waals surface area (Å²) in [7, 11) is -2.73. The van der Waals surface area contributed by atoms with Crippen molar-refractivity contribution in [2.75, 3.05) is 11.9 Å². The summed E-state index contributed by atoms with van der Waals surface area (Å²) in [6.07, 6.45) is -4.65. The molecule has 0 fully saturated rings. The SMILES string of the molecule is CC1=C(C#N)C(c2ccc(C#N)cc2S(=O)(=O)Cc2ccccc2)N(C)C(=O)N1c1cccc(C(F)(F)F)c1. The van der Waals surface area contributed by atoms with Crippen LogP contribution in [-0.4, -0.2) is 26.4 Å². The van der Waals surface area contributed by atoms with E-state index in [4.69, 9.17) is 0 Å². The topological polar surface area (TPSA) is 105 Å². The number of sulfone groups is 1. The Hall–Kier alpha value is -4.61. The maximum absolute atomic E-state index is 13.6. The Morgan fingerprint density at radius 2 is 1.64 bits per heavy atom. The highest BCUT2D eigenvalue weighted by Gasteiger charge is 2.41. The Balaban J connectivity index is 1.89. The third kappa shape index (κ3) is 5.22. The number of carbonyl (C=O) groups is 1. The second-order valence-electron chi connectivity index (χ2n) is 8.90. The molecule has 0 N–H and O–H groups in total. The number of anilines is 1. The van der Waals surface area contributed by atoms with E-state index in [0.717, 1.165) is 28.0 Å². The zero-order valence-electron chi connectivity index (χ0n) is 20.8. The molecule has 1 heterocycles. The number of hydrogen-bond acceptors (Lipinski definition) is 5. The molecule has 0 aromatic heterocycles. The predicted octanol–water partition coefficient (Wildman–Crippen LogP) is 5.96. The van der Waals surface area contributed by atoms with E-state index >= 15 is 0 Å². The fourth-order valence-corrected chi connectivity index (χ4v) is 6.16. The van der Waals surface area contributed by atoms with Crippen molar-refractivity contribution in [2.45, 2.75) is 29.8 Å². The van der Waals surface area contributed by atoms with Crippen LogP contribution in [0.25, 0.3) is 0 Å². The van der Waals surface area contributed by atoms with Crippen molar-refractivity contribution >= 4 is 21.6 Å². The van der Waals surface area contributed by atoms with Crippen LogP contribution in [0, 0.1) is 22.7 Å². The summed E-state index contributed by atoms with van der Waals surface area (Å²) in [6, 6.07) is 18.5. The number of rotatable bonds is 5.